The second kappa shape index (κ2) is 11.8. The third-order valence-electron chi connectivity index (χ3n) is 5.81. The van der Waals surface area contributed by atoms with Gasteiger partial charge in [0.2, 0.25) is 5.91 Å². The first-order valence-electron chi connectivity index (χ1n) is 11.3. The minimum atomic E-state index is -0.316. The van der Waals surface area contributed by atoms with Gasteiger partial charge < -0.3 is 14.5 Å². The van der Waals surface area contributed by atoms with Crippen LogP contribution >= 0.6 is 11.3 Å². The van der Waals surface area contributed by atoms with Crippen molar-refractivity contribution in [3.63, 3.8) is 0 Å². The lowest BCUT2D eigenvalue weighted by atomic mass is 10.1. The van der Waals surface area contributed by atoms with Crippen LogP contribution in [0.25, 0.3) is 0 Å². The van der Waals surface area contributed by atoms with E-state index >= 15 is 0 Å². The SMILES string of the molecule is CC[C@H](C)N(CC(=O)N(Cc1ccc(F)cc1)Cc1ccc(C)s1)C(=O)c1ccc(OC)cc1. The van der Waals surface area contributed by atoms with Crippen molar-refractivity contribution in [2.75, 3.05) is 13.7 Å². The van der Waals surface area contributed by atoms with Crippen molar-refractivity contribution in [2.45, 2.75) is 46.3 Å². The summed E-state index contributed by atoms with van der Waals surface area (Å²) in [5, 5.41) is 0. The third-order valence-corrected chi connectivity index (χ3v) is 6.79. The molecule has 0 saturated carbocycles. The second-order valence-electron chi connectivity index (χ2n) is 8.31. The topological polar surface area (TPSA) is 49.9 Å². The molecule has 0 fully saturated rings. The zero-order chi connectivity index (χ0) is 24.7. The molecule has 1 aromatic heterocycles. The molecule has 0 N–H and O–H groups in total. The standard InChI is InChI=1S/C27H31FN2O3S/c1-5-19(2)30(27(32)22-9-13-24(33-4)14-10-22)18-26(31)29(17-25-15-6-20(3)34-25)16-21-7-11-23(28)12-8-21/h6-15,19H,5,16-18H2,1-4H3/t19-/m0/s1. The van der Waals surface area contributed by atoms with E-state index in [1.54, 1.807) is 64.6 Å². The van der Waals surface area contributed by atoms with Crippen molar-refractivity contribution in [3.05, 3.63) is 87.4 Å². The van der Waals surface area contributed by atoms with Crippen LogP contribution in [-0.4, -0.2) is 41.3 Å². The third kappa shape index (κ3) is 6.67. The molecule has 1 atom stereocenters. The molecule has 7 heteroatoms. The van der Waals surface area contributed by atoms with E-state index in [1.807, 2.05) is 32.9 Å². The monoisotopic (exact) mass is 482 g/mol. The average Bonchev–Trinajstić information content (AvgIpc) is 3.26. The highest BCUT2D eigenvalue weighted by molar-refractivity contribution is 7.11. The maximum atomic E-state index is 13.5. The first kappa shape index (κ1) is 25.4. The molecule has 0 aliphatic rings. The Labute approximate surface area is 204 Å². The summed E-state index contributed by atoms with van der Waals surface area (Å²) in [6, 6.07) is 17.0. The lowest BCUT2D eigenvalue weighted by Crippen LogP contribution is -2.46. The fourth-order valence-corrected chi connectivity index (χ4v) is 4.50. The highest BCUT2D eigenvalue weighted by atomic mass is 32.1. The van der Waals surface area contributed by atoms with Gasteiger partial charge in [-0.3, -0.25) is 9.59 Å². The summed E-state index contributed by atoms with van der Waals surface area (Å²) in [5.74, 6) is -0.000402. The number of carbonyl (C=O) groups is 2. The van der Waals surface area contributed by atoms with Crippen LogP contribution in [0.5, 0.6) is 5.75 Å². The highest BCUT2D eigenvalue weighted by Gasteiger charge is 2.26. The van der Waals surface area contributed by atoms with E-state index in [-0.39, 0.29) is 30.2 Å². The number of ether oxygens (including phenoxy) is 1. The van der Waals surface area contributed by atoms with Crippen LogP contribution in [-0.2, 0) is 17.9 Å². The van der Waals surface area contributed by atoms with Crippen LogP contribution in [0.15, 0.2) is 60.7 Å². The zero-order valence-corrected chi connectivity index (χ0v) is 20.9. The van der Waals surface area contributed by atoms with Crippen LogP contribution in [0.3, 0.4) is 0 Å². The van der Waals surface area contributed by atoms with Crippen molar-refractivity contribution in [2.24, 2.45) is 0 Å². The van der Waals surface area contributed by atoms with Crippen LogP contribution in [0.2, 0.25) is 0 Å². The molecule has 3 rings (SSSR count). The molecule has 2 amide bonds. The minimum Gasteiger partial charge on any atom is -0.497 e. The van der Waals surface area contributed by atoms with E-state index in [2.05, 4.69) is 0 Å². The summed E-state index contributed by atoms with van der Waals surface area (Å²) in [7, 11) is 1.58. The molecule has 180 valence electrons. The fourth-order valence-electron chi connectivity index (χ4n) is 3.59. The summed E-state index contributed by atoms with van der Waals surface area (Å²) in [5.41, 5.74) is 1.34. The van der Waals surface area contributed by atoms with Gasteiger partial charge in [-0.25, -0.2) is 4.39 Å². The van der Waals surface area contributed by atoms with Gasteiger partial charge in [0.25, 0.3) is 5.91 Å². The molecule has 0 aliphatic carbocycles. The first-order valence-corrected chi connectivity index (χ1v) is 12.1. The maximum Gasteiger partial charge on any atom is 0.254 e. The Morgan fingerprint density at radius 1 is 1.00 bits per heavy atom. The van der Waals surface area contributed by atoms with E-state index in [0.717, 1.165) is 16.9 Å². The van der Waals surface area contributed by atoms with E-state index in [0.29, 0.717) is 24.4 Å². The van der Waals surface area contributed by atoms with Crippen molar-refractivity contribution in [1.82, 2.24) is 9.80 Å². The van der Waals surface area contributed by atoms with Gasteiger partial charge in [-0.05, 0) is 74.4 Å². The van der Waals surface area contributed by atoms with Gasteiger partial charge in [0.05, 0.1) is 13.7 Å². The van der Waals surface area contributed by atoms with Gasteiger partial charge in [-0.1, -0.05) is 19.1 Å². The number of methoxy groups -OCH3 is 1. The Morgan fingerprint density at radius 2 is 1.68 bits per heavy atom. The Balaban J connectivity index is 1.83. The highest BCUT2D eigenvalue weighted by Crippen LogP contribution is 2.20. The van der Waals surface area contributed by atoms with Gasteiger partial charge in [0.15, 0.2) is 0 Å². The van der Waals surface area contributed by atoms with Crippen LogP contribution in [0.4, 0.5) is 4.39 Å². The molecule has 34 heavy (non-hydrogen) atoms. The Hall–Kier alpha value is -3.19. The number of thiophene rings is 1. The van der Waals surface area contributed by atoms with Gasteiger partial charge in [0.1, 0.15) is 18.1 Å². The zero-order valence-electron chi connectivity index (χ0n) is 20.1. The van der Waals surface area contributed by atoms with Crippen molar-refractivity contribution in [1.29, 1.82) is 0 Å². The van der Waals surface area contributed by atoms with Crippen LogP contribution < -0.4 is 4.74 Å². The lowest BCUT2D eigenvalue weighted by molar-refractivity contribution is -0.133. The first-order chi connectivity index (χ1) is 16.3. The largest absolute Gasteiger partial charge is 0.497 e. The molecule has 0 radical (unpaired) electrons. The quantitative estimate of drug-likeness (QED) is 0.374. The molecule has 0 bridgehead atoms. The number of halogens is 1. The molecule has 0 saturated heterocycles. The van der Waals surface area contributed by atoms with Gasteiger partial charge in [-0.2, -0.15) is 0 Å². The van der Waals surface area contributed by atoms with Crippen LogP contribution in [0.1, 0.15) is 45.9 Å². The molecule has 1 heterocycles. The summed E-state index contributed by atoms with van der Waals surface area (Å²) >= 11 is 1.64. The smallest absolute Gasteiger partial charge is 0.254 e. The van der Waals surface area contributed by atoms with Gasteiger partial charge in [0, 0.05) is 27.9 Å². The van der Waals surface area contributed by atoms with Crippen molar-refractivity contribution >= 4 is 23.2 Å². The Bertz CT molecular complexity index is 1100. The fraction of sp³-hybridized carbons (Fsp3) is 0.333. The summed E-state index contributed by atoms with van der Waals surface area (Å²) in [6.45, 7) is 6.70. The van der Waals surface area contributed by atoms with Crippen LogP contribution in [0, 0.1) is 12.7 Å². The molecule has 2 aromatic carbocycles. The summed E-state index contributed by atoms with van der Waals surface area (Å²) < 4.78 is 18.6. The summed E-state index contributed by atoms with van der Waals surface area (Å²) in [4.78, 5) is 32.5. The van der Waals surface area contributed by atoms with Crippen molar-refractivity contribution < 1.29 is 18.7 Å². The number of rotatable bonds is 10. The summed E-state index contributed by atoms with van der Waals surface area (Å²) in [6.07, 6.45) is 0.720. The molecule has 5 nitrogen and oxygen atoms in total. The number of carbonyl (C=O) groups excluding carboxylic acids is 2. The normalized spacial score (nSPS) is 11.7. The maximum absolute atomic E-state index is 13.5. The molecular weight excluding hydrogens is 451 g/mol. The lowest BCUT2D eigenvalue weighted by Gasteiger charge is -2.31. The second-order valence-corrected chi connectivity index (χ2v) is 9.68. The predicted molar refractivity (Wildman–Crippen MR) is 133 cm³/mol. The van der Waals surface area contributed by atoms with Gasteiger partial charge in [-0.15, -0.1) is 11.3 Å². The van der Waals surface area contributed by atoms with Gasteiger partial charge >= 0.3 is 0 Å². The number of benzene rings is 2. The van der Waals surface area contributed by atoms with Crippen molar-refractivity contribution in [3.8, 4) is 5.75 Å². The number of hydrogen-bond donors (Lipinski definition) is 0. The van der Waals surface area contributed by atoms with E-state index in [4.69, 9.17) is 4.74 Å². The molecule has 0 aliphatic heterocycles. The molecule has 3 aromatic rings. The Morgan fingerprint density at radius 3 is 2.24 bits per heavy atom. The predicted octanol–water partition coefficient (Wildman–Crippen LogP) is 5.67. The number of aryl methyl sites for hydroxylation is 1. The molecule has 0 spiro atoms. The Kier molecular flexibility index (Phi) is 8.82. The van der Waals surface area contributed by atoms with E-state index < -0.39 is 0 Å². The van der Waals surface area contributed by atoms with E-state index in [1.165, 1.54) is 17.0 Å². The van der Waals surface area contributed by atoms with E-state index in [9.17, 15) is 14.0 Å². The minimum absolute atomic E-state index is 0.0363. The number of hydrogen-bond acceptors (Lipinski definition) is 4. The molecular formula is C27H31FN2O3S. The number of nitrogens with zero attached hydrogens (tertiary/aromatic N) is 2. The molecule has 0 unspecified atom stereocenters. The number of amides is 2. The average molecular weight is 483 g/mol.